The van der Waals surface area contributed by atoms with Crippen molar-refractivity contribution in [3.8, 4) is 0 Å². The largest absolute Gasteiger partial charge is 0.301 e. The van der Waals surface area contributed by atoms with Gasteiger partial charge in [0.05, 0.1) is 0 Å². The van der Waals surface area contributed by atoms with Crippen LogP contribution in [0, 0.1) is 11.8 Å². The fourth-order valence-electron chi connectivity index (χ4n) is 4.15. The average molecular weight is 339 g/mol. The molecule has 2 atom stereocenters. The molecular weight excluding hydrogens is 292 g/mol. The van der Waals surface area contributed by atoms with Crippen molar-refractivity contribution in [2.75, 3.05) is 14.1 Å². The molecule has 1 aliphatic carbocycles. The van der Waals surface area contributed by atoms with Crippen molar-refractivity contribution in [2.45, 2.75) is 117 Å². The molecule has 0 spiro atoms. The zero-order valence-electron chi connectivity index (χ0n) is 18.0. The van der Waals surface area contributed by atoms with Crippen LogP contribution in [0.5, 0.6) is 0 Å². The van der Waals surface area contributed by atoms with Crippen LogP contribution < -0.4 is 0 Å². The van der Waals surface area contributed by atoms with Crippen LogP contribution in [0.15, 0.2) is 0 Å². The van der Waals surface area contributed by atoms with Crippen LogP contribution in [0.4, 0.5) is 0 Å². The molecule has 0 saturated heterocycles. The second kappa shape index (κ2) is 10.8. The monoisotopic (exact) mass is 338 g/mol. The van der Waals surface area contributed by atoms with Crippen LogP contribution in [0.2, 0.25) is 0 Å². The van der Waals surface area contributed by atoms with Crippen LogP contribution >= 0.6 is 0 Å². The molecule has 144 valence electrons. The maximum Gasteiger partial charge on any atom is 0.00961 e. The zero-order chi connectivity index (χ0) is 18.3. The fourth-order valence-corrected chi connectivity index (χ4v) is 4.15. The summed E-state index contributed by atoms with van der Waals surface area (Å²) in [5, 5.41) is 0. The van der Waals surface area contributed by atoms with Crippen LogP contribution in [0.1, 0.15) is 92.9 Å². The Morgan fingerprint density at radius 3 is 1.12 bits per heavy atom. The molecular formula is C22H46N2. The van der Waals surface area contributed by atoms with Gasteiger partial charge in [-0.15, -0.1) is 0 Å². The average Bonchev–Trinajstić information content (AvgIpc) is 2.56. The molecule has 0 aromatic heterocycles. The van der Waals surface area contributed by atoms with Crippen molar-refractivity contribution < 1.29 is 0 Å². The van der Waals surface area contributed by atoms with E-state index in [4.69, 9.17) is 0 Å². The molecule has 1 aliphatic rings. The summed E-state index contributed by atoms with van der Waals surface area (Å²) in [6.07, 6.45) is 10.9. The highest BCUT2D eigenvalue weighted by atomic mass is 15.2. The van der Waals surface area contributed by atoms with E-state index in [0.717, 1.165) is 36.0 Å². The van der Waals surface area contributed by atoms with Gasteiger partial charge in [-0.1, -0.05) is 27.7 Å². The minimum absolute atomic E-state index is 0.733. The van der Waals surface area contributed by atoms with E-state index in [9.17, 15) is 0 Å². The van der Waals surface area contributed by atoms with E-state index in [-0.39, 0.29) is 0 Å². The lowest BCUT2D eigenvalue weighted by atomic mass is 9.87. The van der Waals surface area contributed by atoms with Crippen molar-refractivity contribution in [3.63, 3.8) is 0 Å². The molecule has 0 radical (unpaired) electrons. The van der Waals surface area contributed by atoms with Gasteiger partial charge in [-0.2, -0.15) is 0 Å². The molecule has 0 bridgehead atoms. The van der Waals surface area contributed by atoms with Crippen molar-refractivity contribution in [3.05, 3.63) is 0 Å². The minimum Gasteiger partial charge on any atom is -0.301 e. The Labute approximate surface area is 153 Å². The quantitative estimate of drug-likeness (QED) is 0.496. The summed E-state index contributed by atoms with van der Waals surface area (Å²) in [6.45, 7) is 14.2. The molecule has 0 amide bonds. The summed E-state index contributed by atoms with van der Waals surface area (Å²) in [6, 6.07) is 3.08. The van der Waals surface area contributed by atoms with Gasteiger partial charge >= 0.3 is 0 Å². The van der Waals surface area contributed by atoms with Gasteiger partial charge in [0.15, 0.2) is 0 Å². The molecule has 0 heterocycles. The summed E-state index contributed by atoms with van der Waals surface area (Å²) in [5.74, 6) is 1.66. The van der Waals surface area contributed by atoms with Gasteiger partial charge in [0.25, 0.3) is 0 Å². The van der Waals surface area contributed by atoms with Crippen molar-refractivity contribution >= 4 is 0 Å². The lowest BCUT2D eigenvalue weighted by Crippen LogP contribution is -2.46. The van der Waals surface area contributed by atoms with Crippen LogP contribution in [-0.4, -0.2) is 48.1 Å². The Kier molecular flexibility index (Phi) is 9.89. The van der Waals surface area contributed by atoms with E-state index in [1.54, 1.807) is 0 Å². The Balaban J connectivity index is 2.36. The molecule has 0 N–H and O–H groups in total. The Morgan fingerprint density at radius 1 is 0.583 bits per heavy atom. The Morgan fingerprint density at radius 2 is 0.875 bits per heavy atom. The summed E-state index contributed by atoms with van der Waals surface area (Å²) < 4.78 is 0. The van der Waals surface area contributed by atoms with Gasteiger partial charge in [-0.3, -0.25) is 0 Å². The maximum atomic E-state index is 2.68. The van der Waals surface area contributed by atoms with Crippen LogP contribution in [0.25, 0.3) is 0 Å². The third kappa shape index (κ3) is 7.44. The van der Waals surface area contributed by atoms with Crippen molar-refractivity contribution in [2.24, 2.45) is 11.8 Å². The van der Waals surface area contributed by atoms with E-state index in [2.05, 4.69) is 65.4 Å². The first-order chi connectivity index (χ1) is 11.2. The van der Waals surface area contributed by atoms with Crippen LogP contribution in [0.3, 0.4) is 0 Å². The van der Waals surface area contributed by atoms with E-state index < -0.39 is 0 Å². The van der Waals surface area contributed by atoms with E-state index >= 15 is 0 Å². The first-order valence-corrected chi connectivity index (χ1v) is 10.7. The van der Waals surface area contributed by atoms with Gasteiger partial charge in [0.1, 0.15) is 0 Å². The minimum atomic E-state index is 0.733. The van der Waals surface area contributed by atoms with Gasteiger partial charge in [-0.25, -0.2) is 0 Å². The SMILES string of the molecule is CC(C)CCC(C)N(C)C1CCC(N(C)C(C)CCC(C)C)CC1. The zero-order valence-corrected chi connectivity index (χ0v) is 18.0. The second-order valence-corrected chi connectivity index (χ2v) is 9.43. The number of rotatable bonds is 10. The smallest absolute Gasteiger partial charge is 0.00961 e. The number of hydrogen-bond donors (Lipinski definition) is 0. The normalized spacial score (nSPS) is 25.0. The van der Waals surface area contributed by atoms with E-state index in [1.807, 2.05) is 0 Å². The Bertz CT molecular complexity index is 286. The highest BCUT2D eigenvalue weighted by Crippen LogP contribution is 2.29. The first-order valence-electron chi connectivity index (χ1n) is 10.7. The van der Waals surface area contributed by atoms with Crippen LogP contribution in [-0.2, 0) is 0 Å². The molecule has 1 fully saturated rings. The molecule has 24 heavy (non-hydrogen) atoms. The number of hydrogen-bond acceptors (Lipinski definition) is 2. The van der Waals surface area contributed by atoms with Gasteiger partial charge < -0.3 is 9.80 Å². The molecule has 0 aliphatic heterocycles. The van der Waals surface area contributed by atoms with E-state index in [0.29, 0.717) is 0 Å². The topological polar surface area (TPSA) is 6.48 Å². The van der Waals surface area contributed by atoms with Crippen molar-refractivity contribution in [1.29, 1.82) is 0 Å². The third-order valence-corrected chi connectivity index (χ3v) is 6.53. The Hall–Kier alpha value is -0.0800. The summed E-state index contributed by atoms with van der Waals surface area (Å²) in [5.41, 5.74) is 0. The molecule has 2 unspecified atom stereocenters. The lowest BCUT2D eigenvalue weighted by molar-refractivity contribution is 0.0792. The molecule has 0 aromatic rings. The standard InChI is InChI=1S/C22H46N2/c1-17(2)9-11-19(5)23(7)21-13-15-22(16-14-21)24(8)20(6)12-10-18(3)4/h17-22H,9-16H2,1-8H3. The molecule has 1 saturated carbocycles. The molecule has 2 heteroatoms. The first kappa shape index (κ1) is 22.0. The second-order valence-electron chi connectivity index (χ2n) is 9.43. The maximum absolute atomic E-state index is 2.68. The molecule has 0 aromatic carbocycles. The molecule has 2 nitrogen and oxygen atoms in total. The molecule has 1 rings (SSSR count). The van der Waals surface area contributed by atoms with Gasteiger partial charge in [0.2, 0.25) is 0 Å². The van der Waals surface area contributed by atoms with E-state index in [1.165, 1.54) is 51.4 Å². The van der Waals surface area contributed by atoms with Gasteiger partial charge in [0, 0.05) is 24.2 Å². The summed E-state index contributed by atoms with van der Waals surface area (Å²) >= 11 is 0. The summed E-state index contributed by atoms with van der Waals surface area (Å²) in [4.78, 5) is 5.36. The highest BCUT2D eigenvalue weighted by Gasteiger charge is 2.29. The lowest BCUT2D eigenvalue weighted by Gasteiger charge is -2.42. The summed E-state index contributed by atoms with van der Waals surface area (Å²) in [7, 11) is 4.73. The third-order valence-electron chi connectivity index (χ3n) is 6.53. The predicted molar refractivity (Wildman–Crippen MR) is 109 cm³/mol. The number of nitrogens with zero attached hydrogens (tertiary/aromatic N) is 2. The van der Waals surface area contributed by atoms with Crippen molar-refractivity contribution in [1.82, 2.24) is 9.80 Å². The van der Waals surface area contributed by atoms with Gasteiger partial charge in [-0.05, 0) is 91.1 Å². The highest BCUT2D eigenvalue weighted by molar-refractivity contribution is 4.85. The fraction of sp³-hybridized carbons (Fsp3) is 1.00. The predicted octanol–water partition coefficient (Wildman–Crippen LogP) is 5.81.